The Morgan fingerprint density at radius 3 is 2.88 bits per heavy atom. The first kappa shape index (κ1) is 11.3. The molecule has 1 unspecified atom stereocenters. The maximum atomic E-state index is 11.5. The minimum absolute atomic E-state index is 0.189. The van der Waals surface area contributed by atoms with E-state index in [0.29, 0.717) is 11.9 Å². The van der Waals surface area contributed by atoms with Crippen molar-refractivity contribution >= 4 is 17.7 Å². The fraction of sp³-hybridized carbons (Fsp3) is 0.308. The van der Waals surface area contributed by atoms with Crippen molar-refractivity contribution in [1.29, 1.82) is 0 Å². The zero-order valence-electron chi connectivity index (χ0n) is 9.18. The number of benzene rings is 1. The van der Waals surface area contributed by atoms with Gasteiger partial charge in [-0.3, -0.25) is 0 Å². The Bertz CT molecular complexity index is 398. The number of carbonyl (C=O) groups excluding carboxylic acids is 1. The highest BCUT2D eigenvalue weighted by atomic mass is 32.2. The van der Waals surface area contributed by atoms with Gasteiger partial charge in [0.25, 0.3) is 0 Å². The summed E-state index contributed by atoms with van der Waals surface area (Å²) in [4.78, 5) is 12.3. The molecular weight excluding hydrogens is 220 g/mol. The summed E-state index contributed by atoms with van der Waals surface area (Å²) in [6, 6.07) is 10.2. The van der Waals surface area contributed by atoms with E-state index >= 15 is 0 Å². The molecule has 0 fully saturated rings. The van der Waals surface area contributed by atoms with Crippen LogP contribution in [-0.2, 0) is 9.53 Å². The van der Waals surface area contributed by atoms with Crippen LogP contribution in [0.2, 0.25) is 0 Å². The Morgan fingerprint density at radius 2 is 2.19 bits per heavy atom. The molecule has 3 heteroatoms. The van der Waals surface area contributed by atoms with Crippen LogP contribution in [-0.4, -0.2) is 12.6 Å². The molecule has 1 atom stereocenters. The topological polar surface area (TPSA) is 26.3 Å². The van der Waals surface area contributed by atoms with Gasteiger partial charge in [-0.2, -0.15) is 0 Å². The number of allylic oxidation sites excluding steroid dienone is 1. The summed E-state index contributed by atoms with van der Waals surface area (Å²) in [5, 5.41) is 0.362. The molecule has 1 aliphatic rings. The Labute approximate surface area is 99.7 Å². The average molecular weight is 234 g/mol. The third kappa shape index (κ3) is 2.47. The zero-order chi connectivity index (χ0) is 11.4. The van der Waals surface area contributed by atoms with Gasteiger partial charge < -0.3 is 4.74 Å². The van der Waals surface area contributed by atoms with E-state index in [1.807, 2.05) is 31.2 Å². The lowest BCUT2D eigenvalue weighted by atomic mass is 10.1. The SMILES string of the molecule is CCOC(=O)C1=CCC(c2ccccc2)S1. The molecule has 2 nitrogen and oxygen atoms in total. The third-order valence-corrected chi connectivity index (χ3v) is 3.77. The van der Waals surface area contributed by atoms with E-state index in [0.717, 1.165) is 11.3 Å². The van der Waals surface area contributed by atoms with Crippen LogP contribution in [0.25, 0.3) is 0 Å². The van der Waals surface area contributed by atoms with Crippen molar-refractivity contribution in [2.24, 2.45) is 0 Å². The quantitative estimate of drug-likeness (QED) is 0.750. The fourth-order valence-corrected chi connectivity index (χ4v) is 2.81. The summed E-state index contributed by atoms with van der Waals surface area (Å²) in [5.41, 5.74) is 1.27. The van der Waals surface area contributed by atoms with Gasteiger partial charge in [-0.15, -0.1) is 11.8 Å². The van der Waals surface area contributed by atoms with E-state index in [2.05, 4.69) is 12.1 Å². The second-order valence-electron chi connectivity index (χ2n) is 3.54. The highest BCUT2D eigenvalue weighted by Crippen LogP contribution is 2.43. The summed E-state index contributed by atoms with van der Waals surface area (Å²) in [7, 11) is 0. The molecule has 0 bridgehead atoms. The van der Waals surface area contributed by atoms with Gasteiger partial charge in [0.1, 0.15) is 0 Å². The number of carbonyl (C=O) groups is 1. The molecule has 2 rings (SSSR count). The number of rotatable bonds is 3. The number of ether oxygens (including phenoxy) is 1. The van der Waals surface area contributed by atoms with Crippen LogP contribution < -0.4 is 0 Å². The van der Waals surface area contributed by atoms with Gasteiger partial charge in [-0.25, -0.2) is 4.79 Å². The van der Waals surface area contributed by atoms with Crippen molar-refractivity contribution in [1.82, 2.24) is 0 Å². The molecule has 1 heterocycles. The molecule has 0 radical (unpaired) electrons. The first-order valence-electron chi connectivity index (χ1n) is 5.40. The highest BCUT2D eigenvalue weighted by molar-refractivity contribution is 8.04. The maximum absolute atomic E-state index is 11.5. The molecule has 0 aromatic heterocycles. The van der Waals surface area contributed by atoms with Gasteiger partial charge >= 0.3 is 5.97 Å². The van der Waals surface area contributed by atoms with Gasteiger partial charge in [-0.1, -0.05) is 36.4 Å². The summed E-state index contributed by atoms with van der Waals surface area (Å²) in [6.45, 7) is 2.26. The molecule has 1 aliphatic heterocycles. The number of esters is 1. The van der Waals surface area contributed by atoms with Crippen LogP contribution in [0.3, 0.4) is 0 Å². The molecule has 0 amide bonds. The minimum Gasteiger partial charge on any atom is -0.462 e. The predicted octanol–water partition coefficient (Wildman–Crippen LogP) is 3.31. The Hall–Kier alpha value is -1.22. The normalized spacial score (nSPS) is 19.3. The Balaban J connectivity index is 1.99. The molecule has 1 aromatic rings. The lowest BCUT2D eigenvalue weighted by molar-refractivity contribution is -0.137. The van der Waals surface area contributed by atoms with E-state index in [4.69, 9.17) is 4.74 Å². The lowest BCUT2D eigenvalue weighted by Gasteiger charge is -2.09. The molecule has 1 aromatic carbocycles. The van der Waals surface area contributed by atoms with E-state index in [-0.39, 0.29) is 5.97 Å². The molecule has 0 saturated heterocycles. The smallest absolute Gasteiger partial charge is 0.344 e. The standard InChI is InChI=1S/C13H14O2S/c1-2-15-13(14)12-9-8-11(16-12)10-6-4-3-5-7-10/h3-7,9,11H,2,8H2,1H3. The van der Waals surface area contributed by atoms with Gasteiger partial charge in [0, 0.05) is 5.25 Å². The van der Waals surface area contributed by atoms with Crippen LogP contribution >= 0.6 is 11.8 Å². The second kappa shape index (κ2) is 5.21. The summed E-state index contributed by atoms with van der Waals surface area (Å²) in [6.07, 6.45) is 2.88. The van der Waals surface area contributed by atoms with Crippen molar-refractivity contribution < 1.29 is 9.53 Å². The van der Waals surface area contributed by atoms with E-state index < -0.39 is 0 Å². The number of hydrogen-bond donors (Lipinski definition) is 0. The van der Waals surface area contributed by atoms with Gasteiger partial charge in [0.15, 0.2) is 0 Å². The predicted molar refractivity (Wildman–Crippen MR) is 66.1 cm³/mol. The summed E-state index contributed by atoms with van der Waals surface area (Å²) >= 11 is 1.60. The highest BCUT2D eigenvalue weighted by Gasteiger charge is 2.24. The van der Waals surface area contributed by atoms with Gasteiger partial charge in [0.2, 0.25) is 0 Å². The average Bonchev–Trinajstić information content (AvgIpc) is 2.80. The Kier molecular flexibility index (Phi) is 3.67. The fourth-order valence-electron chi connectivity index (χ4n) is 1.67. The third-order valence-electron chi connectivity index (χ3n) is 2.43. The van der Waals surface area contributed by atoms with Crippen molar-refractivity contribution in [2.75, 3.05) is 6.61 Å². The van der Waals surface area contributed by atoms with Gasteiger partial charge in [-0.05, 0) is 18.9 Å². The molecule has 16 heavy (non-hydrogen) atoms. The first-order chi connectivity index (χ1) is 7.81. The maximum Gasteiger partial charge on any atom is 0.344 e. The summed E-state index contributed by atoms with van der Waals surface area (Å²) in [5.74, 6) is -0.189. The zero-order valence-corrected chi connectivity index (χ0v) is 10.00. The van der Waals surface area contributed by atoms with Crippen LogP contribution in [0.5, 0.6) is 0 Å². The van der Waals surface area contributed by atoms with E-state index in [1.165, 1.54) is 5.56 Å². The van der Waals surface area contributed by atoms with Crippen LogP contribution in [0, 0.1) is 0 Å². The van der Waals surface area contributed by atoms with Crippen molar-refractivity contribution in [3.8, 4) is 0 Å². The summed E-state index contributed by atoms with van der Waals surface area (Å²) < 4.78 is 4.98. The van der Waals surface area contributed by atoms with Crippen molar-refractivity contribution in [2.45, 2.75) is 18.6 Å². The van der Waals surface area contributed by atoms with Crippen LogP contribution in [0.1, 0.15) is 24.2 Å². The number of hydrogen-bond acceptors (Lipinski definition) is 3. The lowest BCUT2D eigenvalue weighted by Crippen LogP contribution is -2.03. The van der Waals surface area contributed by atoms with E-state index in [9.17, 15) is 4.79 Å². The largest absolute Gasteiger partial charge is 0.462 e. The number of thioether (sulfide) groups is 1. The molecule has 0 N–H and O–H groups in total. The first-order valence-corrected chi connectivity index (χ1v) is 6.28. The Morgan fingerprint density at radius 1 is 1.44 bits per heavy atom. The monoisotopic (exact) mass is 234 g/mol. The van der Waals surface area contributed by atoms with E-state index in [1.54, 1.807) is 11.8 Å². The van der Waals surface area contributed by atoms with Crippen molar-refractivity contribution in [3.05, 3.63) is 46.9 Å². The molecular formula is C13H14O2S. The molecule has 84 valence electrons. The molecule has 0 spiro atoms. The van der Waals surface area contributed by atoms with Gasteiger partial charge in [0.05, 0.1) is 11.5 Å². The minimum atomic E-state index is -0.189. The van der Waals surface area contributed by atoms with Crippen LogP contribution in [0.4, 0.5) is 0 Å². The van der Waals surface area contributed by atoms with Crippen LogP contribution in [0.15, 0.2) is 41.3 Å². The molecule has 0 aliphatic carbocycles. The molecule has 0 saturated carbocycles. The second-order valence-corrected chi connectivity index (χ2v) is 4.79. The van der Waals surface area contributed by atoms with Crippen molar-refractivity contribution in [3.63, 3.8) is 0 Å².